The SMILES string of the molecule is C[C@H]1COc2c(N3CCN(C)CC3)c(F)cc3c(=O)c(C(=O)Nc4ccn(C)n4)cn1c23. The first-order valence-electron chi connectivity index (χ1n) is 10.6. The van der Waals surface area contributed by atoms with Gasteiger partial charge in [-0.15, -0.1) is 0 Å². The lowest BCUT2D eigenvalue weighted by Crippen LogP contribution is -2.45. The summed E-state index contributed by atoms with van der Waals surface area (Å²) in [6, 6.07) is 2.75. The summed E-state index contributed by atoms with van der Waals surface area (Å²) in [6.45, 7) is 5.21. The van der Waals surface area contributed by atoms with Crippen molar-refractivity contribution < 1.29 is 13.9 Å². The molecule has 0 aliphatic carbocycles. The number of aryl methyl sites for hydroxylation is 1. The van der Waals surface area contributed by atoms with Crippen LogP contribution in [-0.2, 0) is 7.05 Å². The highest BCUT2D eigenvalue weighted by Gasteiger charge is 2.31. The number of benzene rings is 1. The molecule has 0 saturated carbocycles. The summed E-state index contributed by atoms with van der Waals surface area (Å²) in [5.41, 5.74) is 0.317. The molecule has 1 amide bonds. The molecule has 0 bridgehead atoms. The van der Waals surface area contributed by atoms with Crippen LogP contribution in [0.1, 0.15) is 23.3 Å². The second-order valence-electron chi connectivity index (χ2n) is 8.49. The van der Waals surface area contributed by atoms with E-state index in [1.165, 1.54) is 6.07 Å². The van der Waals surface area contributed by atoms with E-state index in [2.05, 4.69) is 15.3 Å². The van der Waals surface area contributed by atoms with Gasteiger partial charge >= 0.3 is 0 Å². The van der Waals surface area contributed by atoms with Crippen LogP contribution in [-0.4, -0.2) is 65.0 Å². The largest absolute Gasteiger partial charge is 0.487 e. The van der Waals surface area contributed by atoms with Gasteiger partial charge in [0.25, 0.3) is 5.91 Å². The highest BCUT2D eigenvalue weighted by molar-refractivity contribution is 6.06. The molecule has 0 spiro atoms. The van der Waals surface area contributed by atoms with Gasteiger partial charge in [0.15, 0.2) is 17.4 Å². The number of piperazine rings is 1. The van der Waals surface area contributed by atoms with Crippen molar-refractivity contribution in [3.05, 3.63) is 46.1 Å². The average molecular weight is 440 g/mol. The number of halogens is 1. The second kappa shape index (κ2) is 7.63. The number of carbonyl (C=O) groups excluding carboxylic acids is 1. The molecule has 1 atom stereocenters. The zero-order chi connectivity index (χ0) is 22.6. The lowest BCUT2D eigenvalue weighted by atomic mass is 10.0. The number of carbonyl (C=O) groups is 1. The summed E-state index contributed by atoms with van der Waals surface area (Å²) in [7, 11) is 3.76. The van der Waals surface area contributed by atoms with Crippen LogP contribution < -0.4 is 20.4 Å². The molecule has 1 saturated heterocycles. The van der Waals surface area contributed by atoms with Crippen LogP contribution in [0.4, 0.5) is 15.9 Å². The molecular formula is C22H25FN6O3. The predicted octanol–water partition coefficient (Wildman–Crippen LogP) is 1.83. The third-order valence-corrected chi connectivity index (χ3v) is 6.16. The van der Waals surface area contributed by atoms with E-state index in [4.69, 9.17) is 4.74 Å². The first-order chi connectivity index (χ1) is 15.3. The van der Waals surface area contributed by atoms with Crippen LogP contribution in [0.2, 0.25) is 0 Å². The fourth-order valence-electron chi connectivity index (χ4n) is 4.36. The Morgan fingerprint density at radius 1 is 1.25 bits per heavy atom. The van der Waals surface area contributed by atoms with Crippen molar-refractivity contribution in [3.8, 4) is 5.75 Å². The van der Waals surface area contributed by atoms with Crippen molar-refractivity contribution in [3.63, 3.8) is 0 Å². The Hall–Kier alpha value is -3.40. The number of hydrogen-bond acceptors (Lipinski definition) is 6. The lowest BCUT2D eigenvalue weighted by molar-refractivity contribution is 0.102. The maximum absolute atomic E-state index is 15.4. The minimum absolute atomic E-state index is 0.0606. The van der Waals surface area contributed by atoms with E-state index in [9.17, 15) is 9.59 Å². The minimum atomic E-state index is -0.580. The van der Waals surface area contributed by atoms with Gasteiger partial charge < -0.3 is 24.4 Å². The van der Waals surface area contributed by atoms with E-state index >= 15 is 4.39 Å². The van der Waals surface area contributed by atoms with Gasteiger partial charge in [-0.25, -0.2) is 4.39 Å². The minimum Gasteiger partial charge on any atom is -0.487 e. The second-order valence-corrected chi connectivity index (χ2v) is 8.49. The lowest BCUT2D eigenvalue weighted by Gasteiger charge is -2.37. The first kappa shape index (κ1) is 20.5. The molecule has 4 heterocycles. The van der Waals surface area contributed by atoms with Gasteiger partial charge in [0.2, 0.25) is 5.43 Å². The van der Waals surface area contributed by atoms with E-state index in [0.29, 0.717) is 42.5 Å². The number of ether oxygens (including phenoxy) is 1. The number of nitrogens with zero attached hydrogens (tertiary/aromatic N) is 5. The third kappa shape index (κ3) is 3.31. The number of hydrogen-bond donors (Lipinski definition) is 1. The average Bonchev–Trinajstić information content (AvgIpc) is 3.17. The Kier molecular flexibility index (Phi) is 4.89. The molecule has 0 unspecified atom stereocenters. The molecule has 32 heavy (non-hydrogen) atoms. The van der Waals surface area contributed by atoms with E-state index in [1.54, 1.807) is 30.2 Å². The van der Waals surface area contributed by atoms with Gasteiger partial charge in [0, 0.05) is 51.7 Å². The van der Waals surface area contributed by atoms with Crippen LogP contribution in [0, 0.1) is 5.82 Å². The van der Waals surface area contributed by atoms with Gasteiger partial charge in [-0.3, -0.25) is 14.3 Å². The fourth-order valence-corrected chi connectivity index (χ4v) is 4.36. The Bertz CT molecular complexity index is 1270. The summed E-state index contributed by atoms with van der Waals surface area (Å²) < 4.78 is 24.8. The zero-order valence-electron chi connectivity index (χ0n) is 18.3. The number of pyridine rings is 1. The highest BCUT2D eigenvalue weighted by atomic mass is 19.1. The quantitative estimate of drug-likeness (QED) is 0.669. The molecule has 2 aliphatic heterocycles. The molecule has 168 valence electrons. The Morgan fingerprint density at radius 2 is 2.00 bits per heavy atom. The van der Waals surface area contributed by atoms with Crippen molar-refractivity contribution in [2.45, 2.75) is 13.0 Å². The highest BCUT2D eigenvalue weighted by Crippen LogP contribution is 2.42. The van der Waals surface area contributed by atoms with Crippen molar-refractivity contribution in [2.24, 2.45) is 7.05 Å². The smallest absolute Gasteiger partial charge is 0.262 e. The van der Waals surface area contributed by atoms with Crippen LogP contribution >= 0.6 is 0 Å². The van der Waals surface area contributed by atoms with E-state index < -0.39 is 17.2 Å². The summed E-state index contributed by atoms with van der Waals surface area (Å²) in [5.74, 6) is -0.388. The molecule has 1 aromatic carbocycles. The summed E-state index contributed by atoms with van der Waals surface area (Å²) in [5, 5.41) is 6.90. The fraction of sp³-hybridized carbons (Fsp3) is 0.409. The molecular weight excluding hydrogens is 415 g/mol. The van der Waals surface area contributed by atoms with Gasteiger partial charge in [-0.2, -0.15) is 5.10 Å². The van der Waals surface area contributed by atoms with Crippen molar-refractivity contribution in [1.29, 1.82) is 0 Å². The summed E-state index contributed by atoms with van der Waals surface area (Å²) in [4.78, 5) is 30.3. The Balaban J connectivity index is 1.65. The van der Waals surface area contributed by atoms with E-state index in [0.717, 1.165) is 13.1 Å². The molecule has 2 aromatic heterocycles. The van der Waals surface area contributed by atoms with Crippen molar-refractivity contribution >= 4 is 28.3 Å². The zero-order valence-corrected chi connectivity index (χ0v) is 18.3. The summed E-state index contributed by atoms with van der Waals surface area (Å²) >= 11 is 0. The standard InChI is InChI=1S/C22H25FN6O3/c1-13-12-32-21-18-14(10-16(23)19(21)28-8-6-26(2)7-9-28)20(30)15(11-29(13)18)22(31)24-17-4-5-27(3)25-17/h4-5,10-11,13H,6-9,12H2,1-3H3,(H,24,25,31)/t13-/m0/s1. The molecule has 5 rings (SSSR count). The maximum atomic E-state index is 15.4. The number of rotatable bonds is 3. The number of likely N-dealkylation sites (N-methyl/N-ethyl adjacent to an activating group) is 1. The topological polar surface area (TPSA) is 84.6 Å². The Labute approximate surface area is 184 Å². The summed E-state index contributed by atoms with van der Waals surface area (Å²) in [6.07, 6.45) is 3.23. The molecule has 1 fully saturated rings. The molecule has 0 radical (unpaired) electrons. The molecule has 10 heteroatoms. The monoisotopic (exact) mass is 440 g/mol. The molecule has 3 aromatic rings. The first-order valence-corrected chi connectivity index (χ1v) is 10.6. The number of aromatic nitrogens is 3. The Morgan fingerprint density at radius 3 is 2.69 bits per heavy atom. The van der Waals surface area contributed by atoms with Gasteiger partial charge in [-0.1, -0.05) is 0 Å². The van der Waals surface area contributed by atoms with Crippen molar-refractivity contribution in [1.82, 2.24) is 19.2 Å². The molecule has 9 nitrogen and oxygen atoms in total. The number of anilines is 2. The number of amides is 1. The van der Waals surface area contributed by atoms with Crippen LogP contribution in [0.25, 0.3) is 10.9 Å². The molecule has 1 N–H and O–H groups in total. The number of nitrogens with one attached hydrogen (secondary N) is 1. The van der Waals surface area contributed by atoms with Gasteiger partial charge in [-0.05, 0) is 20.0 Å². The third-order valence-electron chi connectivity index (χ3n) is 6.16. The maximum Gasteiger partial charge on any atom is 0.262 e. The van der Waals surface area contributed by atoms with Crippen LogP contribution in [0.15, 0.2) is 29.3 Å². The molecule has 2 aliphatic rings. The van der Waals surface area contributed by atoms with Crippen LogP contribution in [0.5, 0.6) is 5.75 Å². The van der Waals surface area contributed by atoms with Crippen LogP contribution in [0.3, 0.4) is 0 Å². The van der Waals surface area contributed by atoms with Gasteiger partial charge in [0.05, 0.1) is 16.9 Å². The van der Waals surface area contributed by atoms with Gasteiger partial charge in [0.1, 0.15) is 17.9 Å². The van der Waals surface area contributed by atoms with E-state index in [-0.39, 0.29) is 17.0 Å². The normalized spacial score (nSPS) is 18.6. The predicted molar refractivity (Wildman–Crippen MR) is 119 cm³/mol. The van der Waals surface area contributed by atoms with E-state index in [1.807, 2.05) is 23.4 Å². The van der Waals surface area contributed by atoms with Crippen molar-refractivity contribution in [2.75, 3.05) is 50.1 Å².